The lowest BCUT2D eigenvalue weighted by Crippen LogP contribution is -2.88. The molecule has 0 spiro atoms. The van der Waals surface area contributed by atoms with Gasteiger partial charge in [-0.3, -0.25) is 19.6 Å². The van der Waals surface area contributed by atoms with Gasteiger partial charge < -0.3 is 20.4 Å². The maximum absolute atomic E-state index is 16.5. The zero-order valence-electron chi connectivity index (χ0n) is 64.8. The topological polar surface area (TPSA) is 169 Å². The average Bonchev–Trinajstić information content (AvgIpc) is 0.656. The van der Waals surface area contributed by atoms with E-state index in [4.69, 9.17) is 0 Å². The van der Waals surface area contributed by atoms with Crippen LogP contribution in [0.25, 0.3) is 0 Å². The van der Waals surface area contributed by atoms with Crippen molar-refractivity contribution in [2.75, 3.05) is 0 Å². The molecule has 0 unspecified atom stereocenters. The van der Waals surface area contributed by atoms with Crippen molar-refractivity contribution in [3.05, 3.63) is 144 Å². The fraction of sp³-hybridized carbons (Fsp3) is 0.674. The number of benzene rings is 4. The minimum absolute atomic E-state index is 0.305. The molecule has 4 amide bonds. The molecule has 8 rings (SSSR count). The van der Waals surface area contributed by atoms with Gasteiger partial charge in [0, 0.05) is 70.5 Å². The SMILES string of the molecule is CCC1(CC)CC(C(C2CC(CC)(CC)N(Cc3ccccc3)C(CC)(CC)C2)(N(C(=O)O)C(=O)O)C(C2CC(CC)(CC)N(Cc3ccccc3)C(CC)(CC)C2)(C2CC(CC)(CC)N(Cc3ccccc3)C(CC)(CC)C2)N(C(=O)O)C(=O)O)CC(CC)(CC)N1Cc1ccccc1. The van der Waals surface area contributed by atoms with Crippen LogP contribution in [0.3, 0.4) is 0 Å². The third-order valence-electron chi connectivity index (χ3n) is 29.5. The number of rotatable bonds is 31. The molecule has 0 aromatic heterocycles. The summed E-state index contributed by atoms with van der Waals surface area (Å²) < 4.78 is 0. The van der Waals surface area contributed by atoms with E-state index in [1.807, 2.05) is 24.3 Å². The summed E-state index contributed by atoms with van der Waals surface area (Å²) in [6.07, 6.45) is 5.74. The normalized spacial score (nSPS) is 21.3. The van der Waals surface area contributed by atoms with Crippen LogP contribution in [0.2, 0.25) is 0 Å². The molecule has 554 valence electrons. The average molecular weight is 1380 g/mol. The van der Waals surface area contributed by atoms with Crippen LogP contribution >= 0.6 is 0 Å². The first-order valence-electron chi connectivity index (χ1n) is 39.6. The van der Waals surface area contributed by atoms with Crippen LogP contribution in [-0.4, -0.2) is 130 Å². The van der Waals surface area contributed by atoms with Crippen molar-refractivity contribution in [2.45, 2.75) is 346 Å². The number of amides is 4. The number of hydrogen-bond acceptors (Lipinski definition) is 8. The van der Waals surface area contributed by atoms with E-state index in [1.54, 1.807) is 0 Å². The molecule has 0 bridgehead atoms. The molecule has 4 aliphatic rings. The Labute approximate surface area is 604 Å². The van der Waals surface area contributed by atoms with E-state index < -0.39 is 103 Å². The molecule has 4 aromatic carbocycles. The minimum Gasteiger partial charge on any atom is -0.465 e. The Morgan fingerprint density at radius 2 is 0.410 bits per heavy atom. The van der Waals surface area contributed by atoms with Gasteiger partial charge in [0.05, 0.1) is 11.1 Å². The molecule has 0 aliphatic carbocycles. The monoisotopic (exact) mass is 1380 g/mol. The Hall–Kier alpha value is -5.80. The van der Waals surface area contributed by atoms with Crippen LogP contribution in [0.4, 0.5) is 19.2 Å². The fourth-order valence-electron chi connectivity index (χ4n) is 23.7. The maximum atomic E-state index is 16.5. The van der Waals surface area contributed by atoms with Crippen molar-refractivity contribution < 1.29 is 39.6 Å². The molecule has 4 aromatic rings. The maximum Gasteiger partial charge on any atom is 0.417 e. The Balaban J connectivity index is 1.74. The highest BCUT2D eigenvalue weighted by Crippen LogP contribution is 2.71. The van der Waals surface area contributed by atoms with E-state index in [-0.39, 0.29) is 0 Å². The predicted molar refractivity (Wildman–Crippen MR) is 407 cm³/mol. The zero-order chi connectivity index (χ0) is 73.3. The highest BCUT2D eigenvalue weighted by molar-refractivity contribution is 5.90. The lowest BCUT2D eigenvalue weighted by molar-refractivity contribution is -0.248. The standard InChI is InChI=1S/C86H132N6O8/c1-17-77(18-2)53-69(54-78(19-3,20-4)87(77)61-65-45-37-33-38-46-65)85(91(73(93)94)74(95)96,70-55-79(21-5,22-6)88(80(23-7,24-8)56-70)62-66-47-39-34-40-48-66)86(92(75(97)98)76(99)100,71-57-81(25-9,26-10)89(82(27-11,28-12)58-71)63-67-49-41-35-42-50-67)72-59-83(29-13,30-14)90(84(31-15,32-16)60-72)64-68-51-43-36-44-52-68/h33-52,69-72H,17-32,53-64H2,1-16H3,(H,93,94)(H,95,96)(H,97,98)(H,99,100). The van der Waals surface area contributed by atoms with E-state index in [1.165, 1.54) is 0 Å². The van der Waals surface area contributed by atoms with Gasteiger partial charge in [-0.1, -0.05) is 232 Å². The van der Waals surface area contributed by atoms with Gasteiger partial charge in [-0.15, -0.1) is 0 Å². The van der Waals surface area contributed by atoms with E-state index in [0.717, 1.165) is 32.1 Å². The Morgan fingerprint density at radius 1 is 0.280 bits per heavy atom. The predicted octanol–water partition coefficient (Wildman–Crippen LogP) is 21.9. The molecule has 4 fully saturated rings. The quantitative estimate of drug-likeness (QED) is 0.0377. The Kier molecular flexibility index (Phi) is 25.9. The second kappa shape index (κ2) is 32.5. The van der Waals surface area contributed by atoms with Crippen LogP contribution in [0.15, 0.2) is 121 Å². The van der Waals surface area contributed by atoms with E-state index in [0.29, 0.717) is 180 Å². The van der Waals surface area contributed by atoms with Crippen LogP contribution in [0.1, 0.15) is 287 Å². The number of carbonyl (C=O) groups is 4. The molecule has 14 nitrogen and oxygen atoms in total. The molecule has 100 heavy (non-hydrogen) atoms. The smallest absolute Gasteiger partial charge is 0.417 e. The largest absolute Gasteiger partial charge is 0.465 e. The third-order valence-corrected chi connectivity index (χ3v) is 29.5. The molecule has 0 atom stereocenters. The molecule has 4 N–H and O–H groups in total. The van der Waals surface area contributed by atoms with Crippen molar-refractivity contribution in [3.8, 4) is 0 Å². The van der Waals surface area contributed by atoms with Crippen LogP contribution < -0.4 is 0 Å². The van der Waals surface area contributed by atoms with Crippen LogP contribution in [0, 0.1) is 23.7 Å². The van der Waals surface area contributed by atoms with Crippen molar-refractivity contribution in [2.24, 2.45) is 23.7 Å². The molecule has 4 aliphatic heterocycles. The first kappa shape index (κ1) is 79.9. The summed E-state index contributed by atoms with van der Waals surface area (Å²) in [4.78, 5) is 78.7. The van der Waals surface area contributed by atoms with E-state index in [2.05, 4.69) is 227 Å². The third kappa shape index (κ3) is 13.4. The van der Waals surface area contributed by atoms with Gasteiger partial charge in [0.15, 0.2) is 0 Å². The summed E-state index contributed by atoms with van der Waals surface area (Å²) >= 11 is 0. The lowest BCUT2D eigenvalue weighted by atomic mass is 9.41. The first-order valence-corrected chi connectivity index (χ1v) is 39.6. The van der Waals surface area contributed by atoms with Gasteiger partial charge >= 0.3 is 24.4 Å². The minimum atomic E-state index is -2.31. The van der Waals surface area contributed by atoms with Gasteiger partial charge in [-0.25, -0.2) is 29.0 Å². The fourth-order valence-corrected chi connectivity index (χ4v) is 23.7. The number of piperidine rings is 4. The highest BCUT2D eigenvalue weighted by Gasteiger charge is 2.80. The van der Waals surface area contributed by atoms with E-state index >= 15 is 19.2 Å². The molecular weight excluding hydrogens is 1240 g/mol. The summed E-state index contributed by atoms with van der Waals surface area (Å²) in [5.41, 5.74) is -5.90. The molecule has 4 saturated heterocycles. The van der Waals surface area contributed by atoms with Gasteiger partial charge in [-0.05, 0) is 200 Å². The van der Waals surface area contributed by atoms with Gasteiger partial charge in [0.1, 0.15) is 0 Å². The summed E-state index contributed by atoms with van der Waals surface area (Å²) in [6.45, 7) is 38.3. The summed E-state index contributed by atoms with van der Waals surface area (Å²) in [7, 11) is 0. The van der Waals surface area contributed by atoms with Crippen molar-refractivity contribution in [3.63, 3.8) is 0 Å². The summed E-state index contributed by atoms with van der Waals surface area (Å²) in [6, 6.07) is 42.4. The molecule has 4 heterocycles. The summed E-state index contributed by atoms with van der Waals surface area (Å²) in [5.74, 6) is -3.70. The summed E-state index contributed by atoms with van der Waals surface area (Å²) in [5, 5.41) is 53.7. The number of likely N-dealkylation sites (tertiary alicyclic amines) is 4. The highest BCUT2D eigenvalue weighted by atomic mass is 16.4. The van der Waals surface area contributed by atoms with Crippen molar-refractivity contribution >= 4 is 24.4 Å². The van der Waals surface area contributed by atoms with Crippen molar-refractivity contribution in [1.29, 1.82) is 0 Å². The Bertz CT molecular complexity index is 2750. The molecule has 14 heteroatoms. The molecular formula is C86H132N6O8. The Morgan fingerprint density at radius 3 is 0.520 bits per heavy atom. The first-order chi connectivity index (χ1) is 47.8. The number of nitrogens with zero attached hydrogens (tertiary/aromatic N) is 6. The lowest BCUT2D eigenvalue weighted by Gasteiger charge is -2.76. The second-order valence-corrected chi connectivity index (χ2v) is 31.6. The van der Waals surface area contributed by atoms with Crippen molar-refractivity contribution in [1.82, 2.24) is 29.4 Å². The number of hydrogen-bond donors (Lipinski definition) is 4. The molecule has 0 radical (unpaired) electrons. The van der Waals surface area contributed by atoms with Gasteiger partial charge in [0.2, 0.25) is 0 Å². The van der Waals surface area contributed by atoms with E-state index in [9.17, 15) is 20.4 Å². The molecule has 0 saturated carbocycles. The van der Waals surface area contributed by atoms with Crippen LogP contribution in [-0.2, 0) is 26.2 Å². The van der Waals surface area contributed by atoms with Gasteiger partial charge in [0.25, 0.3) is 0 Å². The second-order valence-electron chi connectivity index (χ2n) is 31.6. The number of carboxylic acid groups (broad SMARTS) is 4. The number of imide groups is 2. The van der Waals surface area contributed by atoms with Gasteiger partial charge in [-0.2, -0.15) is 0 Å². The van der Waals surface area contributed by atoms with Crippen LogP contribution in [0.5, 0.6) is 0 Å². The zero-order valence-corrected chi connectivity index (χ0v) is 64.8.